The van der Waals surface area contributed by atoms with Crippen LogP contribution in [0.2, 0.25) is 10.0 Å². The largest absolute Gasteiger partial charge is 0.482 e. The van der Waals surface area contributed by atoms with Gasteiger partial charge in [0, 0.05) is 22.3 Å². The third kappa shape index (κ3) is 6.15. The number of hydrogen-bond donors (Lipinski definition) is 1. The lowest BCUT2D eigenvalue weighted by Crippen LogP contribution is -2.15. The fraction of sp³-hybridized carbons (Fsp3) is 0.318. The molecule has 31 heavy (non-hydrogen) atoms. The van der Waals surface area contributed by atoms with E-state index < -0.39 is 0 Å². The first-order chi connectivity index (χ1) is 14.8. The van der Waals surface area contributed by atoms with Gasteiger partial charge in [-0.05, 0) is 57.5 Å². The maximum atomic E-state index is 12.4. The molecule has 1 unspecified atom stereocenters. The molecule has 1 atom stereocenters. The Kier molecular flexibility index (Phi) is 7.86. The zero-order valence-electron chi connectivity index (χ0n) is 17.8. The SMILES string of the molecule is CCn1c(SCC(=O)Nc2cc(Cl)cc(Cl)c2)nnc1C(C)Oc1ccc(C)cc1C. The van der Waals surface area contributed by atoms with Crippen LogP contribution in [0.25, 0.3) is 0 Å². The van der Waals surface area contributed by atoms with Gasteiger partial charge in [-0.15, -0.1) is 10.2 Å². The van der Waals surface area contributed by atoms with Gasteiger partial charge in [0.15, 0.2) is 17.1 Å². The molecule has 6 nitrogen and oxygen atoms in total. The topological polar surface area (TPSA) is 69.0 Å². The van der Waals surface area contributed by atoms with E-state index in [4.69, 9.17) is 27.9 Å². The molecule has 0 radical (unpaired) electrons. The highest BCUT2D eigenvalue weighted by Gasteiger charge is 2.20. The number of benzene rings is 2. The van der Waals surface area contributed by atoms with E-state index in [1.807, 2.05) is 37.5 Å². The summed E-state index contributed by atoms with van der Waals surface area (Å²) in [6.45, 7) is 8.69. The van der Waals surface area contributed by atoms with Gasteiger partial charge in [-0.2, -0.15) is 0 Å². The number of ether oxygens (including phenoxy) is 1. The average molecular weight is 479 g/mol. The Morgan fingerprint density at radius 1 is 1.16 bits per heavy atom. The molecule has 1 N–H and O–H groups in total. The molecule has 9 heteroatoms. The van der Waals surface area contributed by atoms with Crippen LogP contribution in [-0.4, -0.2) is 26.4 Å². The van der Waals surface area contributed by atoms with Crippen molar-refractivity contribution in [1.82, 2.24) is 14.8 Å². The minimum Gasteiger partial charge on any atom is -0.482 e. The molecule has 3 aromatic rings. The second kappa shape index (κ2) is 10.4. The minimum absolute atomic E-state index is 0.175. The van der Waals surface area contributed by atoms with Gasteiger partial charge < -0.3 is 14.6 Å². The van der Waals surface area contributed by atoms with E-state index in [0.29, 0.717) is 33.3 Å². The van der Waals surface area contributed by atoms with E-state index in [9.17, 15) is 4.79 Å². The van der Waals surface area contributed by atoms with E-state index in [0.717, 1.165) is 11.3 Å². The first-order valence-electron chi connectivity index (χ1n) is 9.82. The number of amides is 1. The Bertz CT molecular complexity index is 1070. The molecule has 0 saturated carbocycles. The van der Waals surface area contributed by atoms with Crippen LogP contribution in [0, 0.1) is 13.8 Å². The molecular formula is C22H24Cl2N4O2S. The number of hydrogen-bond acceptors (Lipinski definition) is 5. The number of halogens is 2. The summed E-state index contributed by atoms with van der Waals surface area (Å²) in [7, 11) is 0. The number of carbonyl (C=O) groups excluding carboxylic acids is 1. The zero-order valence-corrected chi connectivity index (χ0v) is 20.1. The first-order valence-corrected chi connectivity index (χ1v) is 11.6. The van der Waals surface area contributed by atoms with Gasteiger partial charge >= 0.3 is 0 Å². The Morgan fingerprint density at radius 2 is 1.87 bits per heavy atom. The molecule has 0 saturated heterocycles. The van der Waals surface area contributed by atoms with Crippen molar-refractivity contribution in [3.05, 3.63) is 63.4 Å². The van der Waals surface area contributed by atoms with Crippen LogP contribution < -0.4 is 10.1 Å². The van der Waals surface area contributed by atoms with Crippen molar-refractivity contribution in [3.8, 4) is 5.75 Å². The van der Waals surface area contributed by atoms with Crippen LogP contribution in [0.5, 0.6) is 5.75 Å². The lowest BCUT2D eigenvalue weighted by Gasteiger charge is -2.17. The van der Waals surface area contributed by atoms with Gasteiger partial charge in [-0.1, -0.05) is 52.7 Å². The number of nitrogens with zero attached hydrogens (tertiary/aromatic N) is 3. The Hall–Kier alpha value is -2.22. The third-order valence-electron chi connectivity index (χ3n) is 4.54. The van der Waals surface area contributed by atoms with Crippen LogP contribution in [0.4, 0.5) is 5.69 Å². The number of anilines is 1. The summed E-state index contributed by atoms with van der Waals surface area (Å²) >= 11 is 13.3. The van der Waals surface area contributed by atoms with E-state index in [1.54, 1.807) is 18.2 Å². The summed E-state index contributed by atoms with van der Waals surface area (Å²) in [5, 5.41) is 13.0. The van der Waals surface area contributed by atoms with Gasteiger partial charge in [0.2, 0.25) is 5.91 Å². The Morgan fingerprint density at radius 3 is 2.52 bits per heavy atom. The lowest BCUT2D eigenvalue weighted by molar-refractivity contribution is -0.113. The van der Waals surface area contributed by atoms with Crippen LogP contribution in [0.15, 0.2) is 41.6 Å². The molecule has 0 aliphatic heterocycles. The minimum atomic E-state index is -0.286. The predicted molar refractivity (Wildman–Crippen MR) is 126 cm³/mol. The Balaban J connectivity index is 1.65. The van der Waals surface area contributed by atoms with Crippen molar-refractivity contribution in [1.29, 1.82) is 0 Å². The summed E-state index contributed by atoms with van der Waals surface area (Å²) in [6, 6.07) is 11.0. The van der Waals surface area contributed by atoms with Crippen LogP contribution in [0.3, 0.4) is 0 Å². The van der Waals surface area contributed by atoms with Crippen molar-refractivity contribution in [2.24, 2.45) is 0 Å². The molecule has 0 aliphatic carbocycles. The molecule has 1 heterocycles. The quantitative estimate of drug-likeness (QED) is 0.396. The highest BCUT2D eigenvalue weighted by Crippen LogP contribution is 2.27. The molecule has 2 aromatic carbocycles. The van der Waals surface area contributed by atoms with Crippen molar-refractivity contribution >= 4 is 46.6 Å². The molecule has 0 spiro atoms. The maximum Gasteiger partial charge on any atom is 0.234 e. The number of aromatic nitrogens is 3. The summed E-state index contributed by atoms with van der Waals surface area (Å²) in [6.07, 6.45) is -0.286. The smallest absolute Gasteiger partial charge is 0.234 e. The lowest BCUT2D eigenvalue weighted by atomic mass is 10.1. The van der Waals surface area contributed by atoms with E-state index >= 15 is 0 Å². The standard InChI is InChI=1S/C22H24Cl2N4O2S/c1-5-28-21(15(4)30-19-7-6-13(2)8-14(19)3)26-27-22(28)31-12-20(29)25-18-10-16(23)9-17(24)11-18/h6-11,15H,5,12H2,1-4H3,(H,25,29). The van der Waals surface area contributed by atoms with E-state index in [1.165, 1.54) is 17.3 Å². The average Bonchev–Trinajstić information content (AvgIpc) is 3.10. The zero-order chi connectivity index (χ0) is 22.5. The summed E-state index contributed by atoms with van der Waals surface area (Å²) in [5.41, 5.74) is 2.81. The monoisotopic (exact) mass is 478 g/mol. The van der Waals surface area contributed by atoms with Crippen molar-refractivity contribution in [2.45, 2.75) is 45.5 Å². The second-order valence-electron chi connectivity index (χ2n) is 7.11. The van der Waals surface area contributed by atoms with Gasteiger partial charge in [0.05, 0.1) is 5.75 Å². The van der Waals surface area contributed by atoms with Gasteiger partial charge in [-0.3, -0.25) is 4.79 Å². The normalized spacial score (nSPS) is 11.9. The number of thioether (sulfide) groups is 1. The first kappa shape index (κ1) is 23.4. The highest BCUT2D eigenvalue weighted by molar-refractivity contribution is 7.99. The van der Waals surface area contributed by atoms with Crippen molar-refractivity contribution < 1.29 is 9.53 Å². The molecule has 1 amide bonds. The third-order valence-corrected chi connectivity index (χ3v) is 5.94. The molecule has 0 aliphatic rings. The van der Waals surface area contributed by atoms with Crippen molar-refractivity contribution in [2.75, 3.05) is 11.1 Å². The fourth-order valence-electron chi connectivity index (χ4n) is 3.13. The van der Waals surface area contributed by atoms with Crippen LogP contribution >= 0.6 is 35.0 Å². The second-order valence-corrected chi connectivity index (χ2v) is 8.92. The maximum absolute atomic E-state index is 12.4. The highest BCUT2D eigenvalue weighted by atomic mass is 35.5. The molecule has 3 rings (SSSR count). The van der Waals surface area contributed by atoms with Gasteiger partial charge in [-0.25, -0.2) is 0 Å². The Labute approximate surface area is 196 Å². The summed E-state index contributed by atoms with van der Waals surface area (Å²) < 4.78 is 8.09. The van der Waals surface area contributed by atoms with Crippen LogP contribution in [-0.2, 0) is 11.3 Å². The molecule has 0 fully saturated rings. The molecule has 0 bridgehead atoms. The number of rotatable bonds is 8. The van der Waals surface area contributed by atoms with Gasteiger partial charge in [0.25, 0.3) is 0 Å². The molecular weight excluding hydrogens is 455 g/mol. The number of nitrogens with one attached hydrogen (secondary N) is 1. The van der Waals surface area contributed by atoms with Crippen LogP contribution in [0.1, 0.15) is 36.9 Å². The number of aryl methyl sites for hydroxylation is 2. The van der Waals surface area contributed by atoms with Gasteiger partial charge in [0.1, 0.15) is 5.75 Å². The molecule has 1 aromatic heterocycles. The van der Waals surface area contributed by atoms with Crippen molar-refractivity contribution in [3.63, 3.8) is 0 Å². The number of carbonyl (C=O) groups is 1. The van der Waals surface area contributed by atoms with E-state index in [-0.39, 0.29) is 17.8 Å². The predicted octanol–water partition coefficient (Wildman–Crippen LogP) is 6.09. The summed E-state index contributed by atoms with van der Waals surface area (Å²) in [5.74, 6) is 1.52. The molecule has 164 valence electrons. The summed E-state index contributed by atoms with van der Waals surface area (Å²) in [4.78, 5) is 12.4. The fourth-order valence-corrected chi connectivity index (χ4v) is 4.47. The van der Waals surface area contributed by atoms with E-state index in [2.05, 4.69) is 28.5 Å².